The number of nitro groups is 1. The molecule has 0 saturated heterocycles. The average Bonchev–Trinajstić information content (AvgIpc) is 2.27. The van der Waals surface area contributed by atoms with Gasteiger partial charge in [0.25, 0.3) is 5.69 Å². The van der Waals surface area contributed by atoms with Gasteiger partial charge in [0.15, 0.2) is 5.78 Å². The summed E-state index contributed by atoms with van der Waals surface area (Å²) in [5, 5.41) is 10.8. The van der Waals surface area contributed by atoms with Gasteiger partial charge < -0.3 is 9.47 Å². The van der Waals surface area contributed by atoms with E-state index in [-0.39, 0.29) is 24.7 Å². The standard InChI is InChI=1S/C12H15NO5/c1-8-4-9(2)12(5-11(8)13(15)16)18-7-10(14)6-17-3/h4-5H,6-7H2,1-3H3. The van der Waals surface area contributed by atoms with E-state index < -0.39 is 4.92 Å². The lowest BCUT2D eigenvalue weighted by atomic mass is 10.1. The van der Waals surface area contributed by atoms with Crippen molar-refractivity contribution >= 4 is 11.5 Å². The fourth-order valence-electron chi connectivity index (χ4n) is 1.53. The van der Waals surface area contributed by atoms with Crippen molar-refractivity contribution in [2.45, 2.75) is 13.8 Å². The van der Waals surface area contributed by atoms with Crippen molar-refractivity contribution in [1.29, 1.82) is 0 Å². The lowest BCUT2D eigenvalue weighted by Gasteiger charge is -2.09. The normalized spacial score (nSPS) is 10.2. The highest BCUT2D eigenvalue weighted by Gasteiger charge is 2.15. The number of Topliss-reactive ketones (excluding diaryl/α,β-unsaturated/α-hetero) is 1. The van der Waals surface area contributed by atoms with E-state index in [0.29, 0.717) is 11.3 Å². The summed E-state index contributed by atoms with van der Waals surface area (Å²) in [5.41, 5.74) is 1.30. The van der Waals surface area contributed by atoms with Gasteiger partial charge in [0.2, 0.25) is 0 Å². The number of carbonyl (C=O) groups is 1. The molecule has 0 spiro atoms. The van der Waals surface area contributed by atoms with E-state index in [2.05, 4.69) is 4.74 Å². The van der Waals surface area contributed by atoms with Crippen LogP contribution in [0, 0.1) is 24.0 Å². The van der Waals surface area contributed by atoms with Crippen molar-refractivity contribution < 1.29 is 19.2 Å². The van der Waals surface area contributed by atoms with Crippen LogP contribution in [-0.2, 0) is 9.53 Å². The first-order valence-corrected chi connectivity index (χ1v) is 5.34. The number of ketones is 1. The largest absolute Gasteiger partial charge is 0.485 e. The van der Waals surface area contributed by atoms with E-state index in [9.17, 15) is 14.9 Å². The zero-order valence-corrected chi connectivity index (χ0v) is 10.6. The minimum absolute atomic E-state index is 0.0187. The zero-order chi connectivity index (χ0) is 13.7. The Balaban J connectivity index is 2.86. The van der Waals surface area contributed by atoms with Crippen LogP contribution < -0.4 is 4.74 Å². The summed E-state index contributed by atoms with van der Waals surface area (Å²) in [5.74, 6) is 0.122. The first-order valence-electron chi connectivity index (χ1n) is 5.34. The van der Waals surface area contributed by atoms with Crippen molar-refractivity contribution in [1.82, 2.24) is 0 Å². The van der Waals surface area contributed by atoms with Gasteiger partial charge in [-0.05, 0) is 25.5 Å². The van der Waals surface area contributed by atoms with Crippen LogP contribution in [0.2, 0.25) is 0 Å². The molecule has 0 saturated carbocycles. The minimum atomic E-state index is -0.474. The van der Waals surface area contributed by atoms with Crippen LogP contribution in [0.25, 0.3) is 0 Å². The van der Waals surface area contributed by atoms with Crippen LogP contribution in [0.4, 0.5) is 5.69 Å². The average molecular weight is 253 g/mol. The first kappa shape index (κ1) is 14.1. The Kier molecular flexibility index (Phi) is 4.79. The molecular formula is C12H15NO5. The van der Waals surface area contributed by atoms with Gasteiger partial charge >= 0.3 is 0 Å². The van der Waals surface area contributed by atoms with E-state index in [1.165, 1.54) is 13.2 Å². The molecule has 0 aliphatic rings. The molecule has 0 radical (unpaired) electrons. The third kappa shape index (κ3) is 3.53. The molecule has 0 unspecified atom stereocenters. The summed E-state index contributed by atoms with van der Waals surface area (Å²) in [7, 11) is 1.42. The molecule has 1 rings (SSSR count). The van der Waals surface area contributed by atoms with Gasteiger partial charge in [0, 0.05) is 12.7 Å². The maximum absolute atomic E-state index is 11.2. The minimum Gasteiger partial charge on any atom is -0.485 e. The monoisotopic (exact) mass is 253 g/mol. The Morgan fingerprint density at radius 2 is 1.94 bits per heavy atom. The summed E-state index contributed by atoms with van der Waals surface area (Å²) in [6.07, 6.45) is 0. The third-order valence-electron chi connectivity index (χ3n) is 2.38. The Morgan fingerprint density at radius 3 is 2.50 bits per heavy atom. The predicted octanol–water partition coefficient (Wildman–Crippen LogP) is 1.81. The predicted molar refractivity (Wildman–Crippen MR) is 64.9 cm³/mol. The first-order chi connectivity index (χ1) is 8.45. The van der Waals surface area contributed by atoms with Crippen molar-refractivity contribution in [3.05, 3.63) is 33.4 Å². The molecule has 0 aliphatic heterocycles. The highest BCUT2D eigenvalue weighted by Crippen LogP contribution is 2.27. The van der Waals surface area contributed by atoms with Gasteiger partial charge in [0.1, 0.15) is 19.0 Å². The lowest BCUT2D eigenvalue weighted by Crippen LogP contribution is -2.16. The molecule has 98 valence electrons. The van der Waals surface area contributed by atoms with Gasteiger partial charge in [0.05, 0.1) is 11.0 Å². The van der Waals surface area contributed by atoms with E-state index in [4.69, 9.17) is 4.74 Å². The Hall–Kier alpha value is -1.95. The van der Waals surface area contributed by atoms with E-state index >= 15 is 0 Å². The third-order valence-corrected chi connectivity index (χ3v) is 2.38. The molecule has 0 aliphatic carbocycles. The number of ether oxygens (including phenoxy) is 2. The van der Waals surface area contributed by atoms with Gasteiger partial charge in [-0.1, -0.05) is 0 Å². The highest BCUT2D eigenvalue weighted by molar-refractivity contribution is 5.81. The smallest absolute Gasteiger partial charge is 0.276 e. The molecule has 0 heterocycles. The number of nitro benzene ring substituents is 1. The summed E-state index contributed by atoms with van der Waals surface area (Å²) < 4.78 is 9.93. The van der Waals surface area contributed by atoms with Crippen LogP contribution >= 0.6 is 0 Å². The summed E-state index contributed by atoms with van der Waals surface area (Å²) in [4.78, 5) is 21.5. The van der Waals surface area contributed by atoms with Crippen LogP contribution in [0.15, 0.2) is 12.1 Å². The molecule has 6 heteroatoms. The van der Waals surface area contributed by atoms with Gasteiger partial charge in [-0.3, -0.25) is 14.9 Å². The molecule has 0 bridgehead atoms. The molecule has 0 aromatic heterocycles. The number of aryl methyl sites for hydroxylation is 2. The van der Waals surface area contributed by atoms with Crippen molar-refractivity contribution in [3.8, 4) is 5.75 Å². The number of rotatable bonds is 6. The SMILES string of the molecule is COCC(=O)COc1cc([N+](=O)[O-])c(C)cc1C. The number of carbonyl (C=O) groups excluding carboxylic acids is 1. The number of hydrogen-bond donors (Lipinski definition) is 0. The van der Waals surface area contributed by atoms with E-state index in [1.807, 2.05) is 0 Å². The van der Waals surface area contributed by atoms with E-state index in [1.54, 1.807) is 19.9 Å². The molecule has 0 amide bonds. The Bertz CT molecular complexity index is 470. The quantitative estimate of drug-likeness (QED) is 0.570. The van der Waals surface area contributed by atoms with E-state index in [0.717, 1.165) is 5.56 Å². The molecule has 18 heavy (non-hydrogen) atoms. The Labute approximate surface area is 105 Å². The Morgan fingerprint density at radius 1 is 1.28 bits per heavy atom. The zero-order valence-electron chi connectivity index (χ0n) is 10.6. The number of benzene rings is 1. The highest BCUT2D eigenvalue weighted by atomic mass is 16.6. The van der Waals surface area contributed by atoms with Crippen LogP contribution in [0.1, 0.15) is 11.1 Å². The topological polar surface area (TPSA) is 78.7 Å². The number of nitrogens with zero attached hydrogens (tertiary/aromatic N) is 1. The second-order valence-corrected chi connectivity index (χ2v) is 3.92. The summed E-state index contributed by atoms with van der Waals surface area (Å²) in [6, 6.07) is 3.00. The molecule has 0 fully saturated rings. The van der Waals surface area contributed by atoms with Gasteiger partial charge in [-0.25, -0.2) is 0 Å². The molecule has 1 aromatic carbocycles. The maximum Gasteiger partial charge on any atom is 0.276 e. The summed E-state index contributed by atoms with van der Waals surface area (Å²) >= 11 is 0. The molecule has 6 nitrogen and oxygen atoms in total. The molecule has 1 aromatic rings. The second-order valence-electron chi connectivity index (χ2n) is 3.92. The summed E-state index contributed by atoms with van der Waals surface area (Å²) in [6.45, 7) is 3.24. The van der Waals surface area contributed by atoms with Gasteiger partial charge in [-0.2, -0.15) is 0 Å². The van der Waals surface area contributed by atoms with Crippen LogP contribution in [0.3, 0.4) is 0 Å². The fraction of sp³-hybridized carbons (Fsp3) is 0.417. The van der Waals surface area contributed by atoms with Gasteiger partial charge in [-0.15, -0.1) is 0 Å². The van der Waals surface area contributed by atoms with Crippen LogP contribution in [0.5, 0.6) is 5.75 Å². The number of hydrogen-bond acceptors (Lipinski definition) is 5. The number of methoxy groups -OCH3 is 1. The lowest BCUT2D eigenvalue weighted by molar-refractivity contribution is -0.385. The van der Waals surface area contributed by atoms with Crippen molar-refractivity contribution in [2.75, 3.05) is 20.3 Å². The second kappa shape index (κ2) is 6.11. The molecule has 0 atom stereocenters. The van der Waals surface area contributed by atoms with Crippen molar-refractivity contribution in [2.24, 2.45) is 0 Å². The fourth-order valence-corrected chi connectivity index (χ4v) is 1.53. The molecular weight excluding hydrogens is 238 g/mol. The van der Waals surface area contributed by atoms with Crippen molar-refractivity contribution in [3.63, 3.8) is 0 Å². The van der Waals surface area contributed by atoms with Crippen LogP contribution in [-0.4, -0.2) is 31.0 Å². The maximum atomic E-state index is 11.2. The molecule has 0 N–H and O–H groups in total.